The fourth-order valence-corrected chi connectivity index (χ4v) is 11.9. The van der Waals surface area contributed by atoms with Crippen molar-refractivity contribution in [2.75, 3.05) is 0 Å². The Labute approximate surface area is 231 Å². The molecule has 0 aliphatic carbocycles. The fraction of sp³-hybridized carbons (Fsp3) is 0.129. The number of nitrogens with zero attached hydrogens (tertiary/aromatic N) is 1. The van der Waals surface area contributed by atoms with Crippen molar-refractivity contribution in [3.8, 4) is 22.6 Å². The van der Waals surface area contributed by atoms with Gasteiger partial charge in [0, 0.05) is 0 Å². The van der Waals surface area contributed by atoms with Crippen molar-refractivity contribution in [3.05, 3.63) is 126 Å². The summed E-state index contributed by atoms with van der Waals surface area (Å²) in [6.07, 6.45) is 0. The second kappa shape index (κ2) is 10.8. The number of rotatable bonds is 7. The van der Waals surface area contributed by atoms with E-state index in [2.05, 4.69) is 24.2 Å². The van der Waals surface area contributed by atoms with Crippen molar-refractivity contribution in [3.63, 3.8) is 0 Å². The number of hydrogen-bond acceptors (Lipinski definition) is 5. The molecule has 5 aromatic rings. The molecule has 1 heterocycles. The SMILES string of the molecule is Cc1ccc(S(=O)(=O)OI(c2ccccc2)c2c(-c3c(C)cc(C)cc3C)noc2-c2ccccc2)cc1. The van der Waals surface area contributed by atoms with Crippen molar-refractivity contribution in [2.45, 2.75) is 32.6 Å². The van der Waals surface area contributed by atoms with Crippen LogP contribution in [0.15, 0.2) is 106 Å². The molecule has 0 atom stereocenters. The van der Waals surface area contributed by atoms with Crippen LogP contribution in [0.4, 0.5) is 0 Å². The topological polar surface area (TPSA) is 69.4 Å². The zero-order chi connectivity index (χ0) is 26.9. The van der Waals surface area contributed by atoms with Crippen molar-refractivity contribution < 1.29 is 15.5 Å². The van der Waals surface area contributed by atoms with Crippen LogP contribution in [0.3, 0.4) is 0 Å². The summed E-state index contributed by atoms with van der Waals surface area (Å²) in [7, 11) is -4.08. The third-order valence-electron chi connectivity index (χ3n) is 6.14. The van der Waals surface area contributed by atoms with Crippen LogP contribution < -0.4 is 0 Å². The summed E-state index contributed by atoms with van der Waals surface area (Å²) in [6.45, 7) is 8.06. The summed E-state index contributed by atoms with van der Waals surface area (Å²) < 4.78 is 41.2. The van der Waals surface area contributed by atoms with E-state index in [0.29, 0.717) is 11.5 Å². The Morgan fingerprint density at radius 2 is 1.32 bits per heavy atom. The molecule has 194 valence electrons. The first-order valence-electron chi connectivity index (χ1n) is 12.1. The molecule has 0 bridgehead atoms. The zero-order valence-corrected chi connectivity index (χ0v) is 24.6. The summed E-state index contributed by atoms with van der Waals surface area (Å²) in [4.78, 5) is 0.128. The first-order valence-corrected chi connectivity index (χ1v) is 16.6. The molecule has 0 amide bonds. The van der Waals surface area contributed by atoms with Gasteiger partial charge >= 0.3 is 233 Å². The first-order chi connectivity index (χ1) is 18.2. The van der Waals surface area contributed by atoms with Crippen LogP contribution >= 0.6 is 20.2 Å². The van der Waals surface area contributed by atoms with Crippen LogP contribution in [-0.4, -0.2) is 13.6 Å². The van der Waals surface area contributed by atoms with E-state index >= 15 is 0 Å². The second-order valence-electron chi connectivity index (χ2n) is 9.19. The fourth-order valence-electron chi connectivity index (χ4n) is 4.45. The molecule has 0 saturated carbocycles. The zero-order valence-electron chi connectivity index (χ0n) is 21.6. The van der Waals surface area contributed by atoms with Gasteiger partial charge in [-0.25, -0.2) is 0 Å². The van der Waals surface area contributed by atoms with Gasteiger partial charge in [-0.3, -0.25) is 0 Å². The third-order valence-corrected chi connectivity index (χ3v) is 13.6. The van der Waals surface area contributed by atoms with E-state index in [9.17, 15) is 8.42 Å². The Morgan fingerprint density at radius 3 is 1.92 bits per heavy atom. The summed E-state index contributed by atoms with van der Waals surface area (Å²) in [5.74, 6) is 0.535. The minimum absolute atomic E-state index is 0.128. The van der Waals surface area contributed by atoms with Gasteiger partial charge in [0.1, 0.15) is 0 Å². The molecule has 0 aliphatic heterocycles. The molecule has 5 rings (SSSR count). The first kappa shape index (κ1) is 26.3. The van der Waals surface area contributed by atoms with Crippen LogP contribution in [0.2, 0.25) is 0 Å². The van der Waals surface area contributed by atoms with Crippen LogP contribution in [0.25, 0.3) is 22.6 Å². The number of aryl methyl sites for hydroxylation is 4. The van der Waals surface area contributed by atoms with Gasteiger partial charge in [0.05, 0.1) is 0 Å². The average Bonchev–Trinajstić information content (AvgIpc) is 3.32. The molecular formula is C31H28INO4S. The Morgan fingerprint density at radius 1 is 0.737 bits per heavy atom. The monoisotopic (exact) mass is 637 g/mol. The molecule has 0 saturated heterocycles. The molecule has 4 aromatic carbocycles. The van der Waals surface area contributed by atoms with Gasteiger partial charge in [-0.1, -0.05) is 0 Å². The van der Waals surface area contributed by atoms with Gasteiger partial charge in [-0.15, -0.1) is 0 Å². The molecule has 38 heavy (non-hydrogen) atoms. The van der Waals surface area contributed by atoms with E-state index in [-0.39, 0.29) is 4.90 Å². The number of halogens is 1. The van der Waals surface area contributed by atoms with E-state index in [0.717, 1.165) is 40.5 Å². The van der Waals surface area contributed by atoms with Crippen molar-refractivity contribution in [1.82, 2.24) is 5.16 Å². The van der Waals surface area contributed by atoms with Crippen molar-refractivity contribution in [2.24, 2.45) is 0 Å². The molecule has 0 N–H and O–H groups in total. The summed E-state index contributed by atoms with van der Waals surface area (Å²) in [5, 5.41) is 4.56. The number of aromatic nitrogens is 1. The van der Waals surface area contributed by atoms with E-state index in [1.54, 1.807) is 24.3 Å². The van der Waals surface area contributed by atoms with Gasteiger partial charge in [0.15, 0.2) is 0 Å². The Hall–Kier alpha value is -3.27. The van der Waals surface area contributed by atoms with E-state index in [1.165, 1.54) is 0 Å². The quantitative estimate of drug-likeness (QED) is 0.169. The molecule has 1 aromatic heterocycles. The molecule has 5 nitrogen and oxygen atoms in total. The predicted molar refractivity (Wildman–Crippen MR) is 159 cm³/mol. The van der Waals surface area contributed by atoms with Crippen LogP contribution in [0.5, 0.6) is 0 Å². The van der Waals surface area contributed by atoms with Gasteiger partial charge in [-0.2, -0.15) is 0 Å². The van der Waals surface area contributed by atoms with Crippen LogP contribution in [0.1, 0.15) is 22.3 Å². The Balaban J connectivity index is 1.77. The number of hydrogen-bond donors (Lipinski definition) is 0. The van der Waals surface area contributed by atoms with E-state index in [1.807, 2.05) is 81.4 Å². The van der Waals surface area contributed by atoms with Gasteiger partial charge in [-0.05, 0) is 0 Å². The predicted octanol–water partition coefficient (Wildman–Crippen LogP) is 8.11. The van der Waals surface area contributed by atoms with Crippen LogP contribution in [-0.2, 0) is 12.6 Å². The van der Waals surface area contributed by atoms with E-state index < -0.39 is 30.4 Å². The number of benzene rings is 4. The van der Waals surface area contributed by atoms with Crippen molar-refractivity contribution >= 4 is 30.4 Å². The molecule has 0 fully saturated rings. The third kappa shape index (κ3) is 5.32. The van der Waals surface area contributed by atoms with E-state index in [4.69, 9.17) is 7.04 Å². The Bertz CT molecular complexity index is 1660. The molecule has 0 spiro atoms. The summed E-state index contributed by atoms with van der Waals surface area (Å²) >= 11 is -3.17. The Kier molecular flexibility index (Phi) is 7.52. The van der Waals surface area contributed by atoms with Crippen molar-refractivity contribution in [1.29, 1.82) is 0 Å². The van der Waals surface area contributed by atoms with Crippen LogP contribution in [0, 0.1) is 34.8 Å². The normalized spacial score (nSPS) is 11.9. The van der Waals surface area contributed by atoms with Gasteiger partial charge < -0.3 is 0 Å². The van der Waals surface area contributed by atoms with Gasteiger partial charge in [0.25, 0.3) is 0 Å². The maximum absolute atomic E-state index is 13.7. The molecular weight excluding hydrogens is 609 g/mol. The molecule has 0 radical (unpaired) electrons. The summed E-state index contributed by atoms with van der Waals surface area (Å²) in [5.41, 5.74) is 6.59. The average molecular weight is 638 g/mol. The minimum atomic E-state index is -4.08. The molecule has 0 aliphatic rings. The van der Waals surface area contributed by atoms with Gasteiger partial charge in [0.2, 0.25) is 0 Å². The second-order valence-corrected chi connectivity index (χ2v) is 15.5. The maximum atomic E-state index is 13.7. The molecule has 7 heteroatoms. The molecule has 0 unspecified atom stereocenters. The summed E-state index contributed by atoms with van der Waals surface area (Å²) in [6, 6.07) is 30.2. The standard InChI is InChI=1S/C31H28INO4S/c1-21-15-17-27(18-16-21)38(34,35)37-32(26-13-9-6-10-14-26)29-30(28-23(3)19-22(2)20-24(28)4)33-36-31(29)25-11-7-5-8-12-25/h5-20H,1-4H3.